The average molecular weight is 374 g/mol. The standard InChI is InChI=1S/C21H30N2O4/c1-22(2)14-9-18(24-5)16(19(10-14)25-6)13-17-20(26-7)11-15(23(3)4)12-21(17)27-8/h9-12H,13H2,1-8H3. The Balaban J connectivity index is 2.62. The molecule has 2 rings (SSSR count). The van der Waals surface area contributed by atoms with Crippen LogP contribution in [0.25, 0.3) is 0 Å². The number of anilines is 2. The first kappa shape index (κ1) is 20.6. The number of rotatable bonds is 8. The number of ether oxygens (including phenoxy) is 4. The lowest BCUT2D eigenvalue weighted by Crippen LogP contribution is -2.11. The van der Waals surface area contributed by atoms with Gasteiger partial charge in [0.15, 0.2) is 0 Å². The number of methoxy groups -OCH3 is 4. The van der Waals surface area contributed by atoms with Gasteiger partial charge in [-0.05, 0) is 0 Å². The summed E-state index contributed by atoms with van der Waals surface area (Å²) >= 11 is 0. The van der Waals surface area contributed by atoms with E-state index in [0.717, 1.165) is 45.5 Å². The van der Waals surface area contributed by atoms with Crippen molar-refractivity contribution in [2.24, 2.45) is 0 Å². The zero-order chi connectivity index (χ0) is 20.1. The molecule has 0 amide bonds. The molecule has 0 aliphatic carbocycles. The first-order valence-electron chi connectivity index (χ1n) is 8.70. The summed E-state index contributed by atoms with van der Waals surface area (Å²) in [6.45, 7) is 0. The topological polar surface area (TPSA) is 43.4 Å². The highest BCUT2D eigenvalue weighted by Crippen LogP contribution is 2.41. The fraction of sp³-hybridized carbons (Fsp3) is 0.429. The van der Waals surface area contributed by atoms with E-state index in [4.69, 9.17) is 18.9 Å². The van der Waals surface area contributed by atoms with Crippen molar-refractivity contribution >= 4 is 11.4 Å². The van der Waals surface area contributed by atoms with Crippen molar-refractivity contribution in [3.63, 3.8) is 0 Å². The Morgan fingerprint density at radius 2 is 0.815 bits per heavy atom. The van der Waals surface area contributed by atoms with Crippen LogP contribution in [0.15, 0.2) is 24.3 Å². The largest absolute Gasteiger partial charge is 0.496 e. The van der Waals surface area contributed by atoms with Gasteiger partial charge in [-0.3, -0.25) is 0 Å². The molecule has 0 unspecified atom stereocenters. The highest BCUT2D eigenvalue weighted by molar-refractivity contribution is 5.64. The summed E-state index contributed by atoms with van der Waals surface area (Å²) in [6, 6.07) is 8.02. The first-order chi connectivity index (χ1) is 12.9. The number of nitrogens with zero attached hydrogens (tertiary/aromatic N) is 2. The van der Waals surface area contributed by atoms with Crippen LogP contribution in [0, 0.1) is 0 Å². The van der Waals surface area contributed by atoms with E-state index in [-0.39, 0.29) is 0 Å². The molecule has 0 spiro atoms. The van der Waals surface area contributed by atoms with Gasteiger partial charge in [0.2, 0.25) is 0 Å². The van der Waals surface area contributed by atoms with Crippen molar-refractivity contribution in [3.8, 4) is 23.0 Å². The predicted octanol–water partition coefficient (Wildman–Crippen LogP) is 3.44. The monoisotopic (exact) mass is 374 g/mol. The van der Waals surface area contributed by atoms with E-state index < -0.39 is 0 Å². The number of hydrogen-bond acceptors (Lipinski definition) is 6. The second-order valence-electron chi connectivity index (χ2n) is 6.62. The summed E-state index contributed by atoms with van der Waals surface area (Å²) in [6.07, 6.45) is 0.556. The molecule has 0 aromatic heterocycles. The van der Waals surface area contributed by atoms with E-state index in [0.29, 0.717) is 6.42 Å². The lowest BCUT2D eigenvalue weighted by Gasteiger charge is -2.22. The molecule has 0 N–H and O–H groups in total. The van der Waals surface area contributed by atoms with E-state index in [2.05, 4.69) is 0 Å². The quantitative estimate of drug-likeness (QED) is 0.705. The minimum atomic E-state index is 0.556. The van der Waals surface area contributed by atoms with Gasteiger partial charge >= 0.3 is 0 Å². The third-order valence-electron chi connectivity index (χ3n) is 4.57. The van der Waals surface area contributed by atoms with E-state index in [1.54, 1.807) is 28.4 Å². The Kier molecular flexibility index (Phi) is 6.66. The van der Waals surface area contributed by atoms with Crippen molar-refractivity contribution in [3.05, 3.63) is 35.4 Å². The van der Waals surface area contributed by atoms with Gasteiger partial charge in [-0.2, -0.15) is 0 Å². The zero-order valence-electron chi connectivity index (χ0n) is 17.5. The van der Waals surface area contributed by atoms with Crippen molar-refractivity contribution in [2.75, 3.05) is 66.4 Å². The summed E-state index contributed by atoms with van der Waals surface area (Å²) in [4.78, 5) is 4.03. The number of benzene rings is 2. The third-order valence-corrected chi connectivity index (χ3v) is 4.57. The van der Waals surface area contributed by atoms with Crippen LogP contribution >= 0.6 is 0 Å². The Hall–Kier alpha value is -2.76. The summed E-state index contributed by atoms with van der Waals surface area (Å²) in [7, 11) is 14.6. The fourth-order valence-electron chi connectivity index (χ4n) is 2.98. The van der Waals surface area contributed by atoms with Crippen LogP contribution in [0.2, 0.25) is 0 Å². The molecule has 0 bridgehead atoms. The molecule has 6 nitrogen and oxygen atoms in total. The van der Waals surface area contributed by atoms with Gasteiger partial charge in [0.1, 0.15) is 23.0 Å². The molecule has 0 aliphatic heterocycles. The summed E-state index contributed by atoms with van der Waals surface area (Å²) in [5.41, 5.74) is 3.91. The molecule has 0 saturated carbocycles. The SMILES string of the molecule is COc1cc(N(C)C)cc(OC)c1Cc1c(OC)cc(N(C)C)cc1OC. The molecule has 0 fully saturated rings. The van der Waals surface area contributed by atoms with Crippen LogP contribution in [0.4, 0.5) is 11.4 Å². The minimum Gasteiger partial charge on any atom is -0.496 e. The Labute approximate surface area is 162 Å². The van der Waals surface area contributed by atoms with E-state index >= 15 is 0 Å². The molecular formula is C21H30N2O4. The maximum Gasteiger partial charge on any atom is 0.128 e. The summed E-state index contributed by atoms with van der Waals surface area (Å²) in [5, 5.41) is 0. The van der Waals surface area contributed by atoms with E-state index in [1.165, 1.54) is 0 Å². The van der Waals surface area contributed by atoms with Crippen LogP contribution in [-0.4, -0.2) is 56.6 Å². The van der Waals surface area contributed by atoms with Crippen molar-refractivity contribution < 1.29 is 18.9 Å². The Bertz CT molecular complexity index is 672. The number of hydrogen-bond donors (Lipinski definition) is 0. The molecular weight excluding hydrogens is 344 g/mol. The Morgan fingerprint density at radius 1 is 0.556 bits per heavy atom. The molecule has 0 atom stereocenters. The first-order valence-corrected chi connectivity index (χ1v) is 8.70. The van der Waals surface area contributed by atoms with Gasteiger partial charge in [-0.25, -0.2) is 0 Å². The molecule has 6 heteroatoms. The molecule has 0 radical (unpaired) electrons. The molecule has 27 heavy (non-hydrogen) atoms. The van der Waals surface area contributed by atoms with Gasteiger partial charge < -0.3 is 28.7 Å². The molecule has 0 heterocycles. The van der Waals surface area contributed by atoms with Gasteiger partial charge in [0.05, 0.1) is 28.4 Å². The molecule has 148 valence electrons. The summed E-state index contributed by atoms with van der Waals surface area (Å²) < 4.78 is 22.7. The third kappa shape index (κ3) is 4.32. The lowest BCUT2D eigenvalue weighted by atomic mass is 9.99. The second-order valence-corrected chi connectivity index (χ2v) is 6.62. The van der Waals surface area contributed by atoms with Crippen molar-refractivity contribution in [2.45, 2.75) is 6.42 Å². The van der Waals surface area contributed by atoms with Crippen LogP contribution in [0.5, 0.6) is 23.0 Å². The van der Waals surface area contributed by atoms with Crippen molar-refractivity contribution in [1.82, 2.24) is 0 Å². The molecule has 2 aromatic rings. The highest BCUT2D eigenvalue weighted by Gasteiger charge is 2.20. The summed E-state index contributed by atoms with van der Waals surface area (Å²) in [5.74, 6) is 3.05. The Morgan fingerprint density at radius 3 is 1.00 bits per heavy atom. The molecule has 0 aliphatic rings. The van der Waals surface area contributed by atoms with Crippen LogP contribution in [-0.2, 0) is 6.42 Å². The zero-order valence-corrected chi connectivity index (χ0v) is 17.5. The van der Waals surface area contributed by atoms with Gasteiger partial charge in [-0.1, -0.05) is 0 Å². The fourth-order valence-corrected chi connectivity index (χ4v) is 2.98. The van der Waals surface area contributed by atoms with Gasteiger partial charge in [-0.15, -0.1) is 0 Å². The molecule has 2 aromatic carbocycles. The van der Waals surface area contributed by atoms with Gasteiger partial charge in [0.25, 0.3) is 0 Å². The maximum absolute atomic E-state index is 5.66. The second kappa shape index (κ2) is 8.75. The molecule has 0 saturated heterocycles. The van der Waals surface area contributed by atoms with Crippen LogP contribution in [0.3, 0.4) is 0 Å². The van der Waals surface area contributed by atoms with Gasteiger partial charge in [0, 0.05) is 81.4 Å². The van der Waals surface area contributed by atoms with Crippen LogP contribution < -0.4 is 28.7 Å². The maximum atomic E-state index is 5.66. The lowest BCUT2D eigenvalue weighted by molar-refractivity contribution is 0.378. The highest BCUT2D eigenvalue weighted by atomic mass is 16.5. The smallest absolute Gasteiger partial charge is 0.128 e. The minimum absolute atomic E-state index is 0.556. The predicted molar refractivity (Wildman–Crippen MR) is 111 cm³/mol. The van der Waals surface area contributed by atoms with Crippen molar-refractivity contribution in [1.29, 1.82) is 0 Å². The van der Waals surface area contributed by atoms with E-state index in [1.807, 2.05) is 62.3 Å². The average Bonchev–Trinajstić information content (AvgIpc) is 2.67. The normalized spacial score (nSPS) is 10.4. The van der Waals surface area contributed by atoms with Crippen LogP contribution in [0.1, 0.15) is 11.1 Å². The van der Waals surface area contributed by atoms with E-state index in [9.17, 15) is 0 Å².